The fourth-order valence-electron chi connectivity index (χ4n) is 2.21. The average Bonchev–Trinajstić information content (AvgIpc) is 2.86. The smallest absolute Gasteiger partial charge is 0.191 e. The number of benzene rings is 1. The van der Waals surface area contributed by atoms with Gasteiger partial charge < -0.3 is 15.0 Å². The van der Waals surface area contributed by atoms with E-state index < -0.39 is 0 Å². The highest BCUT2D eigenvalue weighted by Crippen LogP contribution is 2.27. The summed E-state index contributed by atoms with van der Waals surface area (Å²) in [5.41, 5.74) is 2.31. The lowest BCUT2D eigenvalue weighted by Crippen LogP contribution is -2.23. The van der Waals surface area contributed by atoms with E-state index in [4.69, 9.17) is 5.11 Å². The number of nitrogens with one attached hydrogen (secondary N) is 1. The SMILES string of the molecule is Cc1ccccc1-c1nnc(SC(C)C)n1CCNCCO. The molecule has 0 aliphatic carbocycles. The van der Waals surface area contributed by atoms with Gasteiger partial charge in [0, 0.05) is 30.4 Å². The molecule has 1 heterocycles. The number of nitrogens with zero attached hydrogens (tertiary/aromatic N) is 3. The Morgan fingerprint density at radius 2 is 2.00 bits per heavy atom. The Balaban J connectivity index is 2.28. The lowest BCUT2D eigenvalue weighted by atomic mass is 10.1. The van der Waals surface area contributed by atoms with Gasteiger partial charge in [-0.2, -0.15) is 0 Å². The van der Waals surface area contributed by atoms with Crippen LogP contribution in [0.15, 0.2) is 29.4 Å². The third kappa shape index (κ3) is 4.32. The van der Waals surface area contributed by atoms with Crippen LogP contribution >= 0.6 is 11.8 Å². The predicted octanol–water partition coefficient (Wildman–Crippen LogP) is 2.34. The Hall–Kier alpha value is -1.37. The number of hydrogen-bond donors (Lipinski definition) is 2. The molecular formula is C16H24N4OS. The first-order valence-electron chi connectivity index (χ1n) is 7.61. The fraction of sp³-hybridized carbons (Fsp3) is 0.500. The first-order valence-corrected chi connectivity index (χ1v) is 8.49. The van der Waals surface area contributed by atoms with Crippen LogP contribution in [0.1, 0.15) is 19.4 Å². The van der Waals surface area contributed by atoms with Gasteiger partial charge in [0.15, 0.2) is 11.0 Å². The van der Waals surface area contributed by atoms with Crippen molar-refractivity contribution in [1.82, 2.24) is 20.1 Å². The van der Waals surface area contributed by atoms with Gasteiger partial charge in [0.25, 0.3) is 0 Å². The third-order valence-corrected chi connectivity index (χ3v) is 4.23. The summed E-state index contributed by atoms with van der Waals surface area (Å²) >= 11 is 1.72. The maximum absolute atomic E-state index is 8.87. The van der Waals surface area contributed by atoms with Gasteiger partial charge in [0.1, 0.15) is 0 Å². The Kier molecular flexibility index (Phi) is 6.42. The van der Waals surface area contributed by atoms with Gasteiger partial charge in [-0.05, 0) is 12.5 Å². The largest absolute Gasteiger partial charge is 0.395 e. The molecule has 0 spiro atoms. The van der Waals surface area contributed by atoms with Crippen LogP contribution in [0.25, 0.3) is 11.4 Å². The van der Waals surface area contributed by atoms with E-state index in [1.54, 1.807) is 11.8 Å². The lowest BCUT2D eigenvalue weighted by molar-refractivity contribution is 0.291. The number of rotatable bonds is 8. The van der Waals surface area contributed by atoms with Crippen molar-refractivity contribution in [1.29, 1.82) is 0 Å². The van der Waals surface area contributed by atoms with Gasteiger partial charge in [-0.25, -0.2) is 0 Å². The van der Waals surface area contributed by atoms with Gasteiger partial charge in [0.2, 0.25) is 0 Å². The van der Waals surface area contributed by atoms with Crippen LogP contribution < -0.4 is 5.32 Å². The maximum atomic E-state index is 8.87. The second kappa shape index (κ2) is 8.31. The minimum atomic E-state index is 0.153. The Labute approximate surface area is 136 Å². The lowest BCUT2D eigenvalue weighted by Gasteiger charge is -2.12. The molecule has 2 N–H and O–H groups in total. The van der Waals surface area contributed by atoms with Crippen molar-refractivity contribution in [2.24, 2.45) is 0 Å². The quantitative estimate of drug-likeness (QED) is 0.577. The van der Waals surface area contributed by atoms with E-state index >= 15 is 0 Å². The molecule has 22 heavy (non-hydrogen) atoms. The molecule has 6 heteroatoms. The van der Waals surface area contributed by atoms with Crippen LogP contribution in [0.5, 0.6) is 0 Å². The average molecular weight is 320 g/mol. The van der Waals surface area contributed by atoms with Crippen LogP contribution in [0.3, 0.4) is 0 Å². The van der Waals surface area contributed by atoms with Crippen LogP contribution in [0, 0.1) is 6.92 Å². The van der Waals surface area contributed by atoms with Crippen molar-refractivity contribution in [3.05, 3.63) is 29.8 Å². The van der Waals surface area contributed by atoms with Crippen molar-refractivity contribution in [3.63, 3.8) is 0 Å². The molecule has 1 aromatic heterocycles. The number of aliphatic hydroxyl groups excluding tert-OH is 1. The van der Waals surface area contributed by atoms with Gasteiger partial charge >= 0.3 is 0 Å². The summed E-state index contributed by atoms with van der Waals surface area (Å²) in [5.74, 6) is 0.909. The van der Waals surface area contributed by atoms with Crippen LogP contribution in [0.4, 0.5) is 0 Å². The van der Waals surface area contributed by atoms with E-state index in [2.05, 4.69) is 53.0 Å². The molecule has 0 aliphatic heterocycles. The second-order valence-electron chi connectivity index (χ2n) is 5.41. The van der Waals surface area contributed by atoms with E-state index in [0.29, 0.717) is 11.8 Å². The monoisotopic (exact) mass is 320 g/mol. The topological polar surface area (TPSA) is 63.0 Å². The molecule has 0 radical (unpaired) electrons. The zero-order valence-corrected chi connectivity index (χ0v) is 14.2. The molecule has 2 rings (SSSR count). The minimum Gasteiger partial charge on any atom is -0.395 e. The highest BCUT2D eigenvalue weighted by atomic mass is 32.2. The number of hydrogen-bond acceptors (Lipinski definition) is 5. The highest BCUT2D eigenvalue weighted by Gasteiger charge is 2.16. The zero-order chi connectivity index (χ0) is 15.9. The molecule has 0 saturated heterocycles. The second-order valence-corrected chi connectivity index (χ2v) is 6.96. The van der Waals surface area contributed by atoms with Crippen molar-refractivity contribution < 1.29 is 5.11 Å². The normalized spacial score (nSPS) is 11.3. The molecule has 2 aromatic rings. The zero-order valence-electron chi connectivity index (χ0n) is 13.4. The molecule has 120 valence electrons. The third-order valence-electron chi connectivity index (χ3n) is 3.24. The van der Waals surface area contributed by atoms with Crippen molar-refractivity contribution >= 4 is 11.8 Å². The van der Waals surface area contributed by atoms with Gasteiger partial charge in [-0.15, -0.1) is 10.2 Å². The van der Waals surface area contributed by atoms with Crippen molar-refractivity contribution in [2.75, 3.05) is 19.7 Å². The van der Waals surface area contributed by atoms with E-state index in [0.717, 1.165) is 29.6 Å². The molecular weight excluding hydrogens is 296 g/mol. The Bertz CT molecular complexity index is 598. The summed E-state index contributed by atoms with van der Waals surface area (Å²) in [4.78, 5) is 0. The predicted molar refractivity (Wildman–Crippen MR) is 91.1 cm³/mol. The van der Waals surface area contributed by atoms with Crippen molar-refractivity contribution in [2.45, 2.75) is 37.7 Å². The summed E-state index contributed by atoms with van der Waals surface area (Å²) in [6.45, 7) is 8.72. The molecule has 5 nitrogen and oxygen atoms in total. The highest BCUT2D eigenvalue weighted by molar-refractivity contribution is 7.99. The molecule has 0 amide bonds. The number of aliphatic hydroxyl groups is 1. The minimum absolute atomic E-state index is 0.153. The van der Waals surface area contributed by atoms with Gasteiger partial charge in [0.05, 0.1) is 6.61 Å². The first kappa shape index (κ1) is 17.0. The number of thioether (sulfide) groups is 1. The molecule has 0 unspecified atom stereocenters. The Morgan fingerprint density at radius 3 is 2.68 bits per heavy atom. The van der Waals surface area contributed by atoms with Crippen molar-refractivity contribution in [3.8, 4) is 11.4 Å². The van der Waals surface area contributed by atoms with Crippen LogP contribution in [-0.2, 0) is 6.54 Å². The summed E-state index contributed by atoms with van der Waals surface area (Å²) in [7, 11) is 0. The summed E-state index contributed by atoms with van der Waals surface area (Å²) in [5, 5.41) is 22.3. The molecule has 0 saturated carbocycles. The summed E-state index contributed by atoms with van der Waals surface area (Å²) < 4.78 is 2.16. The molecule has 1 aromatic carbocycles. The van der Waals surface area contributed by atoms with Crippen LogP contribution in [-0.4, -0.2) is 44.8 Å². The standard InChI is InChI=1S/C16H24N4OS/c1-12(2)22-16-19-18-15(14-7-5-4-6-13(14)3)20(16)10-8-17-9-11-21/h4-7,12,17,21H,8-11H2,1-3H3. The van der Waals surface area contributed by atoms with Gasteiger partial charge in [-0.3, -0.25) is 0 Å². The van der Waals surface area contributed by atoms with E-state index in [-0.39, 0.29) is 6.61 Å². The summed E-state index contributed by atoms with van der Waals surface area (Å²) in [6.07, 6.45) is 0. The van der Waals surface area contributed by atoms with E-state index in [1.807, 2.05) is 12.1 Å². The van der Waals surface area contributed by atoms with E-state index in [9.17, 15) is 0 Å². The number of aryl methyl sites for hydroxylation is 1. The van der Waals surface area contributed by atoms with E-state index in [1.165, 1.54) is 5.56 Å². The van der Waals surface area contributed by atoms with Gasteiger partial charge in [-0.1, -0.05) is 49.9 Å². The van der Waals surface area contributed by atoms with Crippen LogP contribution in [0.2, 0.25) is 0 Å². The molecule has 0 bridgehead atoms. The molecule has 0 aliphatic rings. The summed E-state index contributed by atoms with van der Waals surface area (Å²) in [6, 6.07) is 8.24. The fourth-order valence-corrected chi connectivity index (χ4v) is 3.02. The number of aromatic nitrogens is 3. The molecule has 0 atom stereocenters. The maximum Gasteiger partial charge on any atom is 0.191 e. The molecule has 0 fully saturated rings. The Morgan fingerprint density at radius 1 is 1.23 bits per heavy atom. The first-order chi connectivity index (χ1) is 10.6.